The summed E-state index contributed by atoms with van der Waals surface area (Å²) in [6.45, 7) is 2.68. The number of benzene rings is 2. The van der Waals surface area contributed by atoms with E-state index in [1.54, 1.807) is 12.5 Å². The van der Waals surface area contributed by atoms with Crippen LogP contribution in [0.1, 0.15) is 21.6 Å². The number of nitrogens with one attached hydrogen (secondary N) is 3. The second-order valence-corrected chi connectivity index (χ2v) is 6.32. The van der Waals surface area contributed by atoms with Crippen LogP contribution in [0, 0.1) is 6.92 Å². The summed E-state index contributed by atoms with van der Waals surface area (Å²) < 4.78 is 0. The Morgan fingerprint density at radius 3 is 2.69 bits per heavy atom. The highest BCUT2D eigenvalue weighted by molar-refractivity contribution is 5.94. The fourth-order valence-corrected chi connectivity index (χ4v) is 3.27. The van der Waals surface area contributed by atoms with Crippen molar-refractivity contribution in [2.24, 2.45) is 0 Å². The van der Waals surface area contributed by atoms with E-state index in [0.29, 0.717) is 12.1 Å². The summed E-state index contributed by atoms with van der Waals surface area (Å²) in [6, 6.07) is 15.8. The van der Waals surface area contributed by atoms with Crippen LogP contribution in [0.5, 0.6) is 0 Å². The third-order valence-corrected chi connectivity index (χ3v) is 4.64. The summed E-state index contributed by atoms with van der Waals surface area (Å²) in [5.74, 6) is -0.0568. The van der Waals surface area contributed by atoms with Gasteiger partial charge in [-0.2, -0.15) is 0 Å². The molecule has 0 aliphatic heterocycles. The molecule has 5 nitrogen and oxygen atoms in total. The van der Waals surface area contributed by atoms with Gasteiger partial charge < -0.3 is 15.3 Å². The molecule has 0 bridgehead atoms. The largest absolute Gasteiger partial charge is 0.358 e. The highest BCUT2D eigenvalue weighted by Gasteiger charge is 2.10. The lowest BCUT2D eigenvalue weighted by molar-refractivity contribution is 0.0954. The Bertz CT molecular complexity index is 1030. The van der Waals surface area contributed by atoms with Gasteiger partial charge in [-0.25, -0.2) is 4.98 Å². The Balaban J connectivity index is 1.40. The van der Waals surface area contributed by atoms with Gasteiger partial charge in [-0.05, 0) is 42.7 Å². The third kappa shape index (κ3) is 3.11. The second-order valence-electron chi connectivity index (χ2n) is 6.32. The van der Waals surface area contributed by atoms with Crippen LogP contribution in [-0.2, 0) is 6.42 Å². The van der Waals surface area contributed by atoms with Crippen molar-refractivity contribution in [3.05, 3.63) is 77.9 Å². The topological polar surface area (TPSA) is 73.6 Å². The van der Waals surface area contributed by atoms with Crippen LogP contribution >= 0.6 is 0 Å². The maximum atomic E-state index is 12.4. The van der Waals surface area contributed by atoms with Crippen molar-refractivity contribution in [3.63, 3.8) is 0 Å². The predicted octanol–water partition coefficient (Wildman–Crippen LogP) is 3.84. The van der Waals surface area contributed by atoms with Crippen molar-refractivity contribution >= 4 is 16.8 Å². The fourth-order valence-electron chi connectivity index (χ4n) is 3.27. The zero-order chi connectivity index (χ0) is 17.9. The van der Waals surface area contributed by atoms with Crippen LogP contribution in [0.15, 0.2) is 61.1 Å². The number of rotatable bonds is 5. The Labute approximate surface area is 151 Å². The van der Waals surface area contributed by atoms with Crippen molar-refractivity contribution in [1.29, 1.82) is 0 Å². The van der Waals surface area contributed by atoms with Crippen LogP contribution in [-0.4, -0.2) is 27.4 Å². The molecule has 26 heavy (non-hydrogen) atoms. The van der Waals surface area contributed by atoms with Crippen LogP contribution < -0.4 is 5.32 Å². The Morgan fingerprint density at radius 2 is 1.92 bits per heavy atom. The number of imidazole rings is 1. The molecule has 2 heterocycles. The number of nitrogens with zero attached hydrogens (tertiary/aromatic N) is 1. The number of amides is 1. The summed E-state index contributed by atoms with van der Waals surface area (Å²) in [5.41, 5.74) is 6.16. The highest BCUT2D eigenvalue weighted by Crippen LogP contribution is 2.22. The molecule has 0 atom stereocenters. The Kier molecular flexibility index (Phi) is 4.27. The van der Waals surface area contributed by atoms with E-state index in [4.69, 9.17) is 0 Å². The smallest absolute Gasteiger partial charge is 0.251 e. The van der Waals surface area contributed by atoms with E-state index in [1.807, 2.05) is 36.4 Å². The highest BCUT2D eigenvalue weighted by atomic mass is 16.1. The number of hydrogen-bond donors (Lipinski definition) is 3. The first-order valence-electron chi connectivity index (χ1n) is 8.65. The number of aryl methyl sites for hydroxylation is 1. The first kappa shape index (κ1) is 16.1. The van der Waals surface area contributed by atoms with Crippen LogP contribution in [0.4, 0.5) is 0 Å². The summed E-state index contributed by atoms with van der Waals surface area (Å²) in [4.78, 5) is 22.8. The molecule has 0 fully saturated rings. The predicted molar refractivity (Wildman–Crippen MR) is 103 cm³/mol. The molecule has 1 amide bonds. The Morgan fingerprint density at radius 1 is 1.12 bits per heavy atom. The normalized spacial score (nSPS) is 11.0. The molecular formula is C21H20N4O. The Hall–Kier alpha value is -3.34. The zero-order valence-electron chi connectivity index (χ0n) is 14.5. The lowest BCUT2D eigenvalue weighted by atomic mass is 10.1. The molecule has 0 radical (unpaired) electrons. The van der Waals surface area contributed by atoms with Gasteiger partial charge in [0.25, 0.3) is 5.91 Å². The number of carbonyl (C=O) groups is 1. The summed E-state index contributed by atoms with van der Waals surface area (Å²) in [5, 5.41) is 4.24. The van der Waals surface area contributed by atoms with Crippen LogP contribution in [0.3, 0.4) is 0 Å². The molecule has 4 rings (SSSR count). The summed E-state index contributed by atoms with van der Waals surface area (Å²) >= 11 is 0. The van der Waals surface area contributed by atoms with Gasteiger partial charge in [-0.15, -0.1) is 0 Å². The van der Waals surface area contributed by atoms with Gasteiger partial charge in [0, 0.05) is 28.7 Å². The molecular weight excluding hydrogens is 324 g/mol. The average Bonchev–Trinajstić information content (AvgIpc) is 3.30. The summed E-state index contributed by atoms with van der Waals surface area (Å²) in [7, 11) is 0. The lowest BCUT2D eigenvalue weighted by Crippen LogP contribution is -2.25. The maximum Gasteiger partial charge on any atom is 0.251 e. The van der Waals surface area contributed by atoms with Crippen molar-refractivity contribution in [2.45, 2.75) is 13.3 Å². The van der Waals surface area contributed by atoms with Crippen LogP contribution in [0.2, 0.25) is 0 Å². The monoisotopic (exact) mass is 344 g/mol. The number of hydrogen-bond acceptors (Lipinski definition) is 2. The van der Waals surface area contributed by atoms with Crippen molar-refractivity contribution in [1.82, 2.24) is 20.3 Å². The molecule has 0 aliphatic rings. The molecule has 2 aromatic carbocycles. The van der Waals surface area contributed by atoms with Crippen molar-refractivity contribution < 1.29 is 4.79 Å². The molecule has 0 saturated heterocycles. The minimum atomic E-state index is -0.0568. The fraction of sp³-hybridized carbons (Fsp3) is 0.143. The molecule has 0 saturated carbocycles. The number of para-hydroxylation sites is 1. The van der Waals surface area contributed by atoms with Crippen molar-refractivity contribution in [3.8, 4) is 11.3 Å². The third-order valence-electron chi connectivity index (χ3n) is 4.64. The number of carbonyl (C=O) groups excluding carboxylic acids is 1. The number of H-pyrrole nitrogens is 2. The van der Waals surface area contributed by atoms with E-state index < -0.39 is 0 Å². The molecule has 0 unspecified atom stereocenters. The zero-order valence-corrected chi connectivity index (χ0v) is 14.5. The van der Waals surface area contributed by atoms with Gasteiger partial charge in [0.15, 0.2) is 0 Å². The molecule has 130 valence electrons. The average molecular weight is 344 g/mol. The van der Waals surface area contributed by atoms with Gasteiger partial charge in [0.1, 0.15) is 0 Å². The van der Waals surface area contributed by atoms with E-state index >= 15 is 0 Å². The van der Waals surface area contributed by atoms with E-state index in [9.17, 15) is 4.79 Å². The number of fused-ring (bicyclic) bond motifs is 1. The molecule has 4 aromatic rings. The number of aromatic nitrogens is 3. The maximum absolute atomic E-state index is 12.4. The van der Waals surface area contributed by atoms with Crippen molar-refractivity contribution in [2.75, 3.05) is 6.54 Å². The molecule has 0 aliphatic carbocycles. The van der Waals surface area contributed by atoms with E-state index in [0.717, 1.165) is 28.9 Å². The molecule has 3 N–H and O–H groups in total. The van der Waals surface area contributed by atoms with E-state index in [2.05, 4.69) is 39.3 Å². The summed E-state index contributed by atoms with van der Waals surface area (Å²) in [6.07, 6.45) is 4.20. The van der Waals surface area contributed by atoms with E-state index in [1.165, 1.54) is 10.9 Å². The van der Waals surface area contributed by atoms with Crippen LogP contribution in [0.25, 0.3) is 22.2 Å². The number of aromatic amines is 2. The molecule has 0 spiro atoms. The van der Waals surface area contributed by atoms with Gasteiger partial charge in [0.2, 0.25) is 0 Å². The van der Waals surface area contributed by atoms with Gasteiger partial charge in [0.05, 0.1) is 18.2 Å². The van der Waals surface area contributed by atoms with E-state index in [-0.39, 0.29) is 5.91 Å². The van der Waals surface area contributed by atoms with Gasteiger partial charge >= 0.3 is 0 Å². The quantitative estimate of drug-likeness (QED) is 0.515. The first-order chi connectivity index (χ1) is 12.7. The van der Waals surface area contributed by atoms with Gasteiger partial charge in [-0.3, -0.25) is 4.79 Å². The lowest BCUT2D eigenvalue weighted by Gasteiger charge is -2.07. The molecule has 2 aromatic heterocycles. The second kappa shape index (κ2) is 6.88. The molecule has 5 heteroatoms. The standard InChI is InChI=1S/C21H20N4O/c1-14-17(18-4-2-3-5-19(18)25-14)10-11-23-21(26)16-8-6-15(7-9-16)20-12-22-13-24-20/h2-9,12-13,25H,10-11H2,1H3,(H,22,24)(H,23,26). The first-order valence-corrected chi connectivity index (χ1v) is 8.65. The van der Waals surface area contributed by atoms with Gasteiger partial charge in [-0.1, -0.05) is 30.3 Å². The minimum absolute atomic E-state index is 0.0568. The SMILES string of the molecule is Cc1[nH]c2ccccc2c1CCNC(=O)c1ccc(-c2cnc[nH]2)cc1. The minimum Gasteiger partial charge on any atom is -0.358 e.